The lowest BCUT2D eigenvalue weighted by Crippen LogP contribution is -2.00. The van der Waals surface area contributed by atoms with Crippen LogP contribution in [0.4, 0.5) is 5.69 Å². The summed E-state index contributed by atoms with van der Waals surface area (Å²) in [6, 6.07) is 11.8. The first-order valence-corrected chi connectivity index (χ1v) is 8.26. The number of thiophene rings is 1. The minimum atomic E-state index is -0.446. The summed E-state index contributed by atoms with van der Waals surface area (Å²) in [5.41, 5.74) is 1.22. The average Bonchev–Trinajstić information content (AvgIpc) is 3.34. The van der Waals surface area contributed by atoms with E-state index in [0.717, 1.165) is 10.4 Å². The largest absolute Gasteiger partial charge is 0.452 e. The number of carbonyl (C=O) groups is 1. The first-order chi connectivity index (χ1) is 12.2. The fourth-order valence-electron chi connectivity index (χ4n) is 2.68. The van der Waals surface area contributed by atoms with E-state index in [1.807, 2.05) is 17.5 Å². The molecule has 0 atom stereocenters. The second kappa shape index (κ2) is 5.99. The molecular formula is C17H11N3O4S. The average molecular weight is 353 g/mol. The number of carbonyl (C=O) groups excluding carboxylic acids is 1. The lowest BCUT2D eigenvalue weighted by atomic mass is 10.1. The summed E-state index contributed by atoms with van der Waals surface area (Å²) in [4.78, 5) is 22.7. The summed E-state index contributed by atoms with van der Waals surface area (Å²) in [5, 5.41) is 18.3. The topological polar surface area (TPSA) is 91.2 Å². The third kappa shape index (κ3) is 2.72. The van der Waals surface area contributed by atoms with Gasteiger partial charge in [0, 0.05) is 22.4 Å². The zero-order valence-corrected chi connectivity index (χ0v) is 13.6. The zero-order valence-electron chi connectivity index (χ0n) is 12.8. The quantitative estimate of drug-likeness (QED) is 0.306. The van der Waals surface area contributed by atoms with Crippen LogP contribution < -0.4 is 0 Å². The van der Waals surface area contributed by atoms with E-state index in [-0.39, 0.29) is 11.4 Å². The standard InChI is InChI=1S/C17H11N3O4S/c21-10-12-4-6-16(24-12)17-14-8-11(20(22)23)3-5-15(14)19(18-17)9-13-2-1-7-25-13/h1-8,10H,9H2. The van der Waals surface area contributed by atoms with Crippen LogP contribution in [0.3, 0.4) is 0 Å². The van der Waals surface area contributed by atoms with E-state index in [1.54, 1.807) is 34.2 Å². The van der Waals surface area contributed by atoms with Gasteiger partial charge < -0.3 is 4.42 Å². The molecule has 4 rings (SSSR count). The van der Waals surface area contributed by atoms with E-state index in [1.165, 1.54) is 12.1 Å². The Bertz CT molecular complexity index is 1080. The zero-order chi connectivity index (χ0) is 17.4. The lowest BCUT2D eigenvalue weighted by Gasteiger charge is -2.00. The van der Waals surface area contributed by atoms with Crippen molar-refractivity contribution >= 4 is 34.2 Å². The number of aldehydes is 1. The van der Waals surface area contributed by atoms with E-state index in [4.69, 9.17) is 4.42 Å². The van der Waals surface area contributed by atoms with Crippen molar-refractivity contribution < 1.29 is 14.1 Å². The van der Waals surface area contributed by atoms with Crippen molar-refractivity contribution in [1.29, 1.82) is 0 Å². The van der Waals surface area contributed by atoms with E-state index in [9.17, 15) is 14.9 Å². The molecule has 124 valence electrons. The molecule has 0 unspecified atom stereocenters. The number of rotatable bonds is 5. The van der Waals surface area contributed by atoms with Crippen LogP contribution in [0.5, 0.6) is 0 Å². The van der Waals surface area contributed by atoms with Crippen LogP contribution in [0, 0.1) is 10.1 Å². The second-order valence-corrected chi connectivity index (χ2v) is 6.40. The number of benzene rings is 1. The summed E-state index contributed by atoms with van der Waals surface area (Å²) in [7, 11) is 0. The van der Waals surface area contributed by atoms with Crippen molar-refractivity contribution in [1.82, 2.24) is 9.78 Å². The Hall–Kier alpha value is -3.26. The fraction of sp³-hybridized carbons (Fsp3) is 0.0588. The van der Waals surface area contributed by atoms with Crippen molar-refractivity contribution in [2.24, 2.45) is 0 Å². The Morgan fingerprint density at radius 3 is 2.84 bits per heavy atom. The monoisotopic (exact) mass is 353 g/mol. The number of fused-ring (bicyclic) bond motifs is 1. The molecule has 8 heteroatoms. The number of aromatic nitrogens is 2. The Labute approximate surface area is 145 Å². The molecule has 0 amide bonds. The molecule has 7 nitrogen and oxygen atoms in total. The van der Waals surface area contributed by atoms with Gasteiger partial charge in [-0.15, -0.1) is 11.3 Å². The predicted molar refractivity (Wildman–Crippen MR) is 92.9 cm³/mol. The summed E-state index contributed by atoms with van der Waals surface area (Å²) in [6.07, 6.45) is 0.608. The molecule has 0 aliphatic carbocycles. The highest BCUT2D eigenvalue weighted by Gasteiger charge is 2.19. The molecule has 0 saturated carbocycles. The maximum atomic E-state index is 11.1. The molecule has 25 heavy (non-hydrogen) atoms. The third-order valence-corrected chi connectivity index (χ3v) is 4.67. The van der Waals surface area contributed by atoms with Crippen LogP contribution in [-0.4, -0.2) is 21.0 Å². The Kier molecular flexibility index (Phi) is 3.66. The highest BCUT2D eigenvalue weighted by Crippen LogP contribution is 2.32. The molecule has 0 aliphatic heterocycles. The van der Waals surface area contributed by atoms with Gasteiger partial charge in [0.25, 0.3) is 5.69 Å². The minimum Gasteiger partial charge on any atom is -0.452 e. The van der Waals surface area contributed by atoms with Crippen molar-refractivity contribution in [3.8, 4) is 11.5 Å². The predicted octanol–water partition coefficient (Wildman–Crippen LogP) is 4.13. The molecule has 0 spiro atoms. The van der Waals surface area contributed by atoms with Gasteiger partial charge in [-0.2, -0.15) is 5.10 Å². The molecule has 0 saturated heterocycles. The van der Waals surface area contributed by atoms with Crippen molar-refractivity contribution in [3.63, 3.8) is 0 Å². The van der Waals surface area contributed by atoms with Crippen molar-refractivity contribution in [3.05, 3.63) is 68.6 Å². The summed E-state index contributed by atoms with van der Waals surface area (Å²) >= 11 is 1.61. The Morgan fingerprint density at radius 1 is 1.28 bits per heavy atom. The van der Waals surface area contributed by atoms with Crippen molar-refractivity contribution in [2.45, 2.75) is 6.54 Å². The van der Waals surface area contributed by atoms with Gasteiger partial charge in [0.05, 0.1) is 17.0 Å². The minimum absolute atomic E-state index is 0.0217. The first-order valence-electron chi connectivity index (χ1n) is 7.38. The molecule has 0 N–H and O–H groups in total. The maximum Gasteiger partial charge on any atom is 0.270 e. The number of nitrogens with zero attached hydrogens (tertiary/aromatic N) is 3. The molecule has 0 bridgehead atoms. The number of nitro benzene ring substituents is 1. The fourth-order valence-corrected chi connectivity index (χ4v) is 3.36. The van der Waals surface area contributed by atoms with E-state index >= 15 is 0 Å². The third-order valence-electron chi connectivity index (χ3n) is 3.81. The SMILES string of the molecule is O=Cc1ccc(-c2nn(Cc3cccs3)c3ccc([N+](=O)[O-])cc23)o1. The molecule has 0 fully saturated rings. The molecule has 0 aliphatic rings. The van der Waals surface area contributed by atoms with Crippen LogP contribution in [-0.2, 0) is 6.54 Å². The molecule has 3 heterocycles. The number of furan rings is 1. The first kappa shape index (κ1) is 15.3. The van der Waals surface area contributed by atoms with Crippen LogP contribution in [0.1, 0.15) is 15.4 Å². The second-order valence-electron chi connectivity index (χ2n) is 5.36. The van der Waals surface area contributed by atoms with Gasteiger partial charge in [0.2, 0.25) is 0 Å². The Morgan fingerprint density at radius 2 is 2.16 bits per heavy atom. The van der Waals surface area contributed by atoms with E-state index in [2.05, 4.69) is 5.10 Å². The van der Waals surface area contributed by atoms with Gasteiger partial charge in [0.15, 0.2) is 17.8 Å². The molecule has 4 aromatic rings. The normalized spacial score (nSPS) is 11.0. The van der Waals surface area contributed by atoms with Gasteiger partial charge in [-0.25, -0.2) is 0 Å². The van der Waals surface area contributed by atoms with Gasteiger partial charge in [-0.05, 0) is 29.6 Å². The molecule has 0 radical (unpaired) electrons. The molecular weight excluding hydrogens is 342 g/mol. The number of nitro groups is 1. The highest BCUT2D eigenvalue weighted by atomic mass is 32.1. The smallest absolute Gasteiger partial charge is 0.270 e. The van der Waals surface area contributed by atoms with Crippen molar-refractivity contribution in [2.75, 3.05) is 0 Å². The van der Waals surface area contributed by atoms with Gasteiger partial charge in [-0.3, -0.25) is 19.6 Å². The van der Waals surface area contributed by atoms with Crippen LogP contribution in [0.2, 0.25) is 0 Å². The van der Waals surface area contributed by atoms with E-state index in [0.29, 0.717) is 29.7 Å². The van der Waals surface area contributed by atoms with E-state index < -0.39 is 4.92 Å². The van der Waals surface area contributed by atoms with Crippen LogP contribution in [0.25, 0.3) is 22.4 Å². The number of hydrogen-bond acceptors (Lipinski definition) is 6. The highest BCUT2D eigenvalue weighted by molar-refractivity contribution is 7.09. The van der Waals surface area contributed by atoms with Gasteiger partial charge in [0.1, 0.15) is 5.69 Å². The number of non-ortho nitro benzene ring substituents is 1. The molecule has 1 aromatic carbocycles. The van der Waals surface area contributed by atoms with Gasteiger partial charge in [-0.1, -0.05) is 6.07 Å². The maximum absolute atomic E-state index is 11.1. The lowest BCUT2D eigenvalue weighted by molar-refractivity contribution is -0.384. The number of hydrogen-bond donors (Lipinski definition) is 0. The summed E-state index contributed by atoms with van der Waals surface area (Å²) in [6.45, 7) is 0.549. The van der Waals surface area contributed by atoms with Crippen LogP contribution in [0.15, 0.2) is 52.3 Å². The Balaban J connectivity index is 1.91. The summed E-state index contributed by atoms with van der Waals surface area (Å²) in [5.74, 6) is 0.582. The summed E-state index contributed by atoms with van der Waals surface area (Å²) < 4.78 is 7.25. The van der Waals surface area contributed by atoms with Gasteiger partial charge >= 0.3 is 0 Å². The molecule has 3 aromatic heterocycles. The van der Waals surface area contributed by atoms with Crippen LogP contribution >= 0.6 is 11.3 Å².